The average Bonchev–Trinajstić information content (AvgIpc) is 2.85. The van der Waals surface area contributed by atoms with Gasteiger partial charge in [-0.25, -0.2) is 0 Å². The number of hydrogen-bond donors (Lipinski definition) is 3. The molecule has 19 heavy (non-hydrogen) atoms. The molecule has 0 amide bonds. The summed E-state index contributed by atoms with van der Waals surface area (Å²) in [6.07, 6.45) is 1.20. The van der Waals surface area contributed by atoms with Crippen LogP contribution in [0, 0.1) is 5.92 Å². The lowest BCUT2D eigenvalue weighted by atomic mass is 9.99. The highest BCUT2D eigenvalue weighted by Gasteiger charge is 2.33. The molecule has 0 spiro atoms. The number of aliphatic hydroxyl groups is 1. The predicted octanol–water partition coefficient (Wildman–Crippen LogP) is 2.15. The number of hydrogen-bond acceptors (Lipinski definition) is 3. The maximum absolute atomic E-state index is 10.4. The molecule has 0 bridgehead atoms. The molecule has 3 unspecified atom stereocenters. The zero-order chi connectivity index (χ0) is 13.2. The summed E-state index contributed by atoms with van der Waals surface area (Å²) in [6, 6.07) is 2.48. The fourth-order valence-corrected chi connectivity index (χ4v) is 2.61. The van der Waals surface area contributed by atoms with Gasteiger partial charge < -0.3 is 15.7 Å². The Morgan fingerprint density at radius 3 is 2.79 bits per heavy atom. The Balaban J connectivity index is 0.00000180. The molecular formula is C13H22IN3OS. The number of nitrogens with one attached hydrogen (secondary N) is 2. The monoisotopic (exact) mass is 395 g/mol. The molecule has 0 saturated heterocycles. The Morgan fingerprint density at radius 2 is 2.32 bits per heavy atom. The lowest BCUT2D eigenvalue weighted by Crippen LogP contribution is -2.45. The van der Waals surface area contributed by atoms with Crippen molar-refractivity contribution in [3.05, 3.63) is 22.4 Å². The number of aliphatic imine (C=N–C) groups is 1. The van der Waals surface area contributed by atoms with Crippen LogP contribution in [0.2, 0.25) is 0 Å². The Morgan fingerprint density at radius 1 is 1.63 bits per heavy atom. The molecule has 0 radical (unpaired) electrons. The molecule has 0 aliphatic heterocycles. The summed E-state index contributed by atoms with van der Waals surface area (Å²) in [5, 5.41) is 20.9. The number of rotatable bonds is 4. The molecule has 0 aromatic carbocycles. The normalized spacial score (nSPS) is 25.2. The number of thiophene rings is 1. The zero-order valence-corrected chi connectivity index (χ0v) is 14.7. The van der Waals surface area contributed by atoms with Gasteiger partial charge in [0.15, 0.2) is 5.96 Å². The molecule has 1 saturated carbocycles. The van der Waals surface area contributed by atoms with Gasteiger partial charge in [-0.3, -0.25) is 4.99 Å². The van der Waals surface area contributed by atoms with Gasteiger partial charge in [-0.15, -0.1) is 24.0 Å². The van der Waals surface area contributed by atoms with E-state index in [1.165, 1.54) is 6.42 Å². The SMILES string of the molecule is CN=C(NCC(C)(O)c1ccsc1)NC1CC1C.I. The minimum atomic E-state index is -0.868. The topological polar surface area (TPSA) is 56.7 Å². The van der Waals surface area contributed by atoms with Gasteiger partial charge in [-0.05, 0) is 41.7 Å². The maximum atomic E-state index is 10.4. The Kier molecular flexibility index (Phi) is 6.07. The van der Waals surface area contributed by atoms with Crippen LogP contribution >= 0.6 is 35.3 Å². The molecule has 6 heteroatoms. The third-order valence-electron chi connectivity index (χ3n) is 3.40. The van der Waals surface area contributed by atoms with Crippen LogP contribution in [0.4, 0.5) is 0 Å². The summed E-state index contributed by atoms with van der Waals surface area (Å²) < 4.78 is 0. The molecule has 1 aliphatic rings. The van der Waals surface area contributed by atoms with E-state index in [9.17, 15) is 5.11 Å². The largest absolute Gasteiger partial charge is 0.384 e. The minimum absolute atomic E-state index is 0. The van der Waals surface area contributed by atoms with E-state index in [-0.39, 0.29) is 24.0 Å². The molecule has 1 fully saturated rings. The third-order valence-corrected chi connectivity index (χ3v) is 4.08. The summed E-state index contributed by atoms with van der Waals surface area (Å²) in [4.78, 5) is 4.17. The third kappa shape index (κ3) is 4.61. The van der Waals surface area contributed by atoms with Crippen molar-refractivity contribution >= 4 is 41.3 Å². The van der Waals surface area contributed by atoms with E-state index in [0.29, 0.717) is 12.6 Å². The smallest absolute Gasteiger partial charge is 0.191 e. The second-order valence-corrected chi connectivity index (χ2v) is 5.96. The average molecular weight is 395 g/mol. The van der Waals surface area contributed by atoms with Gasteiger partial charge in [0, 0.05) is 13.1 Å². The first-order valence-corrected chi connectivity index (χ1v) is 7.19. The summed E-state index contributed by atoms with van der Waals surface area (Å²) in [6.45, 7) is 4.48. The van der Waals surface area contributed by atoms with Crippen LogP contribution < -0.4 is 10.6 Å². The van der Waals surface area contributed by atoms with Gasteiger partial charge in [-0.2, -0.15) is 11.3 Å². The van der Waals surface area contributed by atoms with E-state index in [4.69, 9.17) is 0 Å². The van der Waals surface area contributed by atoms with E-state index in [2.05, 4.69) is 22.5 Å². The highest BCUT2D eigenvalue weighted by molar-refractivity contribution is 14.0. The van der Waals surface area contributed by atoms with Crippen molar-refractivity contribution in [3.63, 3.8) is 0 Å². The standard InChI is InChI=1S/C13H21N3OS.HI/c1-9-6-11(9)16-12(14-3)15-8-13(2,17)10-4-5-18-7-10;/h4-5,7,9,11,17H,6,8H2,1-3H3,(H2,14,15,16);1H. The van der Waals surface area contributed by atoms with Gasteiger partial charge in [0.05, 0.1) is 6.54 Å². The Labute approximate surface area is 135 Å². The summed E-state index contributed by atoms with van der Waals surface area (Å²) >= 11 is 1.59. The molecule has 3 N–H and O–H groups in total. The second-order valence-electron chi connectivity index (χ2n) is 5.18. The summed E-state index contributed by atoms with van der Waals surface area (Å²) in [5.41, 5.74) is 0.0718. The van der Waals surface area contributed by atoms with Crippen LogP contribution in [0.3, 0.4) is 0 Å². The van der Waals surface area contributed by atoms with Crippen LogP contribution in [0.15, 0.2) is 21.8 Å². The quantitative estimate of drug-likeness (QED) is 0.416. The van der Waals surface area contributed by atoms with Crippen molar-refractivity contribution in [2.75, 3.05) is 13.6 Å². The van der Waals surface area contributed by atoms with Crippen molar-refractivity contribution in [1.82, 2.24) is 10.6 Å². The molecule has 1 aliphatic carbocycles. The fraction of sp³-hybridized carbons (Fsp3) is 0.615. The highest BCUT2D eigenvalue weighted by atomic mass is 127. The van der Waals surface area contributed by atoms with Gasteiger partial charge in [0.25, 0.3) is 0 Å². The molecular weight excluding hydrogens is 373 g/mol. The van der Waals surface area contributed by atoms with E-state index in [0.717, 1.165) is 17.4 Å². The molecule has 4 nitrogen and oxygen atoms in total. The minimum Gasteiger partial charge on any atom is -0.384 e. The zero-order valence-electron chi connectivity index (χ0n) is 11.5. The van der Waals surface area contributed by atoms with Crippen LogP contribution in [0.25, 0.3) is 0 Å². The van der Waals surface area contributed by atoms with Crippen molar-refractivity contribution in [1.29, 1.82) is 0 Å². The van der Waals surface area contributed by atoms with Crippen molar-refractivity contribution in [2.45, 2.75) is 31.9 Å². The summed E-state index contributed by atoms with van der Waals surface area (Å²) in [5.74, 6) is 1.49. The number of nitrogens with zero attached hydrogens (tertiary/aromatic N) is 1. The number of guanidine groups is 1. The molecule has 1 heterocycles. The van der Waals surface area contributed by atoms with Crippen LogP contribution in [0.1, 0.15) is 25.8 Å². The lowest BCUT2D eigenvalue weighted by Gasteiger charge is -2.24. The van der Waals surface area contributed by atoms with E-state index >= 15 is 0 Å². The van der Waals surface area contributed by atoms with E-state index in [1.54, 1.807) is 18.4 Å². The highest BCUT2D eigenvalue weighted by Crippen LogP contribution is 2.28. The van der Waals surface area contributed by atoms with Gasteiger partial charge in [0.2, 0.25) is 0 Å². The van der Waals surface area contributed by atoms with Crippen molar-refractivity contribution < 1.29 is 5.11 Å². The molecule has 108 valence electrons. The lowest BCUT2D eigenvalue weighted by molar-refractivity contribution is 0.0621. The van der Waals surface area contributed by atoms with Gasteiger partial charge in [0.1, 0.15) is 5.60 Å². The van der Waals surface area contributed by atoms with Crippen LogP contribution in [0.5, 0.6) is 0 Å². The van der Waals surface area contributed by atoms with Crippen molar-refractivity contribution in [2.24, 2.45) is 10.9 Å². The van der Waals surface area contributed by atoms with Crippen LogP contribution in [-0.2, 0) is 5.60 Å². The molecule has 1 aromatic rings. The predicted molar refractivity (Wildman–Crippen MR) is 91.4 cm³/mol. The molecule has 1 aromatic heterocycles. The van der Waals surface area contributed by atoms with Crippen molar-refractivity contribution in [3.8, 4) is 0 Å². The van der Waals surface area contributed by atoms with E-state index in [1.807, 2.05) is 23.8 Å². The maximum Gasteiger partial charge on any atom is 0.191 e. The summed E-state index contributed by atoms with van der Waals surface area (Å²) in [7, 11) is 1.75. The molecule has 3 atom stereocenters. The second kappa shape index (κ2) is 6.90. The first kappa shape index (κ1) is 16.7. The van der Waals surface area contributed by atoms with Gasteiger partial charge >= 0.3 is 0 Å². The first-order valence-electron chi connectivity index (χ1n) is 6.25. The van der Waals surface area contributed by atoms with E-state index < -0.39 is 5.60 Å². The first-order chi connectivity index (χ1) is 8.53. The number of halogens is 1. The Hall–Kier alpha value is -0.340. The fourth-order valence-electron chi connectivity index (χ4n) is 1.82. The van der Waals surface area contributed by atoms with Crippen LogP contribution in [-0.4, -0.2) is 30.7 Å². The van der Waals surface area contributed by atoms with Gasteiger partial charge in [-0.1, -0.05) is 6.92 Å². The Bertz CT molecular complexity index is 420. The molecule has 2 rings (SSSR count).